The summed E-state index contributed by atoms with van der Waals surface area (Å²) in [5.41, 5.74) is 0. The summed E-state index contributed by atoms with van der Waals surface area (Å²) in [5.74, 6) is -0.141. The summed E-state index contributed by atoms with van der Waals surface area (Å²) in [6, 6.07) is -0.873. The molecule has 0 aliphatic carbocycles. The number of carboxylic acid groups (broad SMARTS) is 1. The summed E-state index contributed by atoms with van der Waals surface area (Å²) in [5, 5.41) is 12.4. The Kier molecular flexibility index (Phi) is 4.17. The Morgan fingerprint density at radius 3 is 2.72 bits per heavy atom. The lowest BCUT2D eigenvalue weighted by molar-refractivity contribution is -0.150. The van der Waals surface area contributed by atoms with E-state index in [1.165, 1.54) is 0 Å². The van der Waals surface area contributed by atoms with Crippen LogP contribution in [0, 0.1) is 5.92 Å². The highest BCUT2D eigenvalue weighted by Crippen LogP contribution is 2.33. The Bertz CT molecular complexity index is 350. The molecule has 18 heavy (non-hydrogen) atoms. The number of aliphatic carboxylic acids is 1. The first-order valence-corrected chi connectivity index (χ1v) is 7.51. The maximum absolute atomic E-state index is 12.5. The van der Waals surface area contributed by atoms with E-state index < -0.39 is 12.0 Å². The number of thioether (sulfide) groups is 1. The number of hydrogen-bond donors (Lipinski definition) is 2. The largest absolute Gasteiger partial charge is 0.480 e. The highest BCUT2D eigenvalue weighted by Gasteiger charge is 2.44. The van der Waals surface area contributed by atoms with Gasteiger partial charge in [0.25, 0.3) is 0 Å². The predicted molar refractivity (Wildman–Crippen MR) is 70.4 cm³/mol. The second kappa shape index (κ2) is 5.48. The lowest BCUT2D eigenvalue weighted by Gasteiger charge is -2.30. The molecule has 0 aromatic carbocycles. The molecular formula is C12H20N2O3S. The molecule has 5 nitrogen and oxygen atoms in total. The van der Waals surface area contributed by atoms with E-state index in [9.17, 15) is 14.7 Å². The number of amides is 1. The van der Waals surface area contributed by atoms with E-state index in [1.54, 1.807) is 16.7 Å². The fraction of sp³-hybridized carbons (Fsp3) is 0.833. The maximum atomic E-state index is 12.5. The third-order valence-corrected chi connectivity index (χ3v) is 5.23. The number of carbonyl (C=O) groups excluding carboxylic acids is 1. The van der Waals surface area contributed by atoms with Crippen molar-refractivity contribution in [3.8, 4) is 0 Å². The fourth-order valence-corrected chi connectivity index (χ4v) is 4.04. The van der Waals surface area contributed by atoms with Gasteiger partial charge in [0.05, 0.1) is 11.4 Å². The maximum Gasteiger partial charge on any atom is 0.327 e. The molecule has 4 unspecified atom stereocenters. The highest BCUT2D eigenvalue weighted by molar-refractivity contribution is 8.00. The number of carbonyl (C=O) groups is 2. The minimum atomic E-state index is -0.891. The summed E-state index contributed by atoms with van der Waals surface area (Å²) in [4.78, 5) is 25.4. The van der Waals surface area contributed by atoms with Crippen LogP contribution in [0.2, 0.25) is 0 Å². The predicted octanol–water partition coefficient (Wildman–Crippen LogP) is 0.749. The van der Waals surface area contributed by atoms with Crippen molar-refractivity contribution in [2.45, 2.75) is 44.1 Å². The van der Waals surface area contributed by atoms with Gasteiger partial charge in [0.2, 0.25) is 5.91 Å². The summed E-state index contributed by atoms with van der Waals surface area (Å²) in [7, 11) is 0. The van der Waals surface area contributed by atoms with Crippen molar-refractivity contribution in [3.05, 3.63) is 0 Å². The Balaban J connectivity index is 2.16. The quantitative estimate of drug-likeness (QED) is 0.793. The third kappa shape index (κ3) is 2.36. The van der Waals surface area contributed by atoms with Crippen molar-refractivity contribution in [1.82, 2.24) is 10.2 Å². The van der Waals surface area contributed by atoms with Gasteiger partial charge >= 0.3 is 5.97 Å². The smallest absolute Gasteiger partial charge is 0.327 e. The summed E-state index contributed by atoms with van der Waals surface area (Å²) < 4.78 is 0. The average Bonchev–Trinajstić information content (AvgIpc) is 2.93. The van der Waals surface area contributed by atoms with E-state index in [4.69, 9.17) is 0 Å². The molecule has 2 fully saturated rings. The Morgan fingerprint density at radius 2 is 2.22 bits per heavy atom. The molecule has 2 saturated heterocycles. The second-order valence-electron chi connectivity index (χ2n) is 4.99. The Morgan fingerprint density at radius 1 is 1.50 bits per heavy atom. The van der Waals surface area contributed by atoms with E-state index in [0.29, 0.717) is 5.75 Å². The van der Waals surface area contributed by atoms with Crippen LogP contribution < -0.4 is 5.32 Å². The zero-order valence-electron chi connectivity index (χ0n) is 10.8. The number of carboxylic acids is 1. The first-order chi connectivity index (χ1) is 8.56. The molecule has 2 N–H and O–H groups in total. The summed E-state index contributed by atoms with van der Waals surface area (Å²) in [6.07, 6.45) is 1.77. The normalized spacial score (nSPS) is 36.0. The topological polar surface area (TPSA) is 69.6 Å². The lowest BCUT2D eigenvalue weighted by Crippen LogP contribution is -2.53. The van der Waals surface area contributed by atoms with Gasteiger partial charge in [-0.3, -0.25) is 4.79 Å². The van der Waals surface area contributed by atoms with Gasteiger partial charge in [0.15, 0.2) is 0 Å². The molecule has 0 aromatic heterocycles. The number of rotatable bonds is 3. The van der Waals surface area contributed by atoms with Crippen LogP contribution in [0.5, 0.6) is 0 Å². The number of hydrogen-bond acceptors (Lipinski definition) is 4. The van der Waals surface area contributed by atoms with Gasteiger partial charge in [0.1, 0.15) is 6.04 Å². The van der Waals surface area contributed by atoms with Gasteiger partial charge < -0.3 is 15.3 Å². The van der Waals surface area contributed by atoms with Gasteiger partial charge in [-0.05, 0) is 25.3 Å². The molecule has 0 bridgehead atoms. The van der Waals surface area contributed by atoms with Crippen LogP contribution in [0.1, 0.15) is 26.7 Å². The molecular weight excluding hydrogens is 252 g/mol. The highest BCUT2D eigenvalue weighted by atomic mass is 32.2. The van der Waals surface area contributed by atoms with Gasteiger partial charge in [-0.25, -0.2) is 4.79 Å². The van der Waals surface area contributed by atoms with Crippen LogP contribution in [0.4, 0.5) is 0 Å². The molecule has 2 rings (SSSR count). The monoisotopic (exact) mass is 272 g/mol. The number of nitrogens with one attached hydrogen (secondary N) is 1. The van der Waals surface area contributed by atoms with Gasteiger partial charge in [-0.2, -0.15) is 0 Å². The van der Waals surface area contributed by atoms with Crippen LogP contribution in [0.25, 0.3) is 0 Å². The molecule has 0 aromatic rings. The van der Waals surface area contributed by atoms with Gasteiger partial charge in [-0.1, -0.05) is 13.8 Å². The Hall–Kier alpha value is -0.750. The summed E-state index contributed by atoms with van der Waals surface area (Å²) >= 11 is 1.57. The molecule has 102 valence electrons. The molecule has 2 aliphatic heterocycles. The van der Waals surface area contributed by atoms with Crippen molar-refractivity contribution < 1.29 is 14.7 Å². The molecule has 6 heteroatoms. The van der Waals surface area contributed by atoms with Crippen molar-refractivity contribution in [2.75, 3.05) is 12.3 Å². The Labute approximate surface area is 111 Å². The standard InChI is InChI=1S/C12H20N2O3S/c1-3-9-14(8(6-18-9)12(16)17)11(15)10-7(2)4-5-13-10/h7-10,13H,3-6H2,1-2H3,(H,16,17). The minimum Gasteiger partial charge on any atom is -0.480 e. The molecule has 2 aliphatic rings. The van der Waals surface area contributed by atoms with Crippen LogP contribution in [-0.2, 0) is 9.59 Å². The molecule has 0 radical (unpaired) electrons. The van der Waals surface area contributed by atoms with Crippen molar-refractivity contribution >= 4 is 23.6 Å². The zero-order valence-corrected chi connectivity index (χ0v) is 11.6. The van der Waals surface area contributed by atoms with Crippen LogP contribution >= 0.6 is 11.8 Å². The lowest BCUT2D eigenvalue weighted by atomic mass is 10.0. The molecule has 4 atom stereocenters. The van der Waals surface area contributed by atoms with E-state index in [0.717, 1.165) is 19.4 Å². The fourth-order valence-electron chi connectivity index (χ4n) is 2.69. The third-order valence-electron chi connectivity index (χ3n) is 3.78. The minimum absolute atomic E-state index is 0.00759. The van der Waals surface area contributed by atoms with E-state index in [-0.39, 0.29) is 23.2 Å². The van der Waals surface area contributed by atoms with Gasteiger partial charge in [0, 0.05) is 5.75 Å². The van der Waals surface area contributed by atoms with Gasteiger partial charge in [-0.15, -0.1) is 11.8 Å². The van der Waals surface area contributed by atoms with E-state index >= 15 is 0 Å². The average molecular weight is 272 g/mol. The zero-order chi connectivity index (χ0) is 13.3. The molecule has 2 heterocycles. The first-order valence-electron chi connectivity index (χ1n) is 6.46. The molecule has 0 spiro atoms. The van der Waals surface area contributed by atoms with Crippen molar-refractivity contribution in [3.63, 3.8) is 0 Å². The summed E-state index contributed by atoms with van der Waals surface area (Å²) in [6.45, 7) is 4.88. The van der Waals surface area contributed by atoms with E-state index in [2.05, 4.69) is 5.32 Å². The second-order valence-corrected chi connectivity index (χ2v) is 6.20. The van der Waals surface area contributed by atoms with E-state index in [1.807, 2.05) is 13.8 Å². The molecule has 0 saturated carbocycles. The SMILES string of the molecule is CCC1SCC(C(=O)O)N1C(=O)C1NCCC1C. The van der Waals surface area contributed by atoms with Crippen molar-refractivity contribution in [2.24, 2.45) is 5.92 Å². The molecule has 1 amide bonds. The number of nitrogens with zero attached hydrogens (tertiary/aromatic N) is 1. The van der Waals surface area contributed by atoms with Crippen LogP contribution in [-0.4, -0.2) is 51.6 Å². The van der Waals surface area contributed by atoms with Crippen LogP contribution in [0.15, 0.2) is 0 Å². The van der Waals surface area contributed by atoms with Crippen LogP contribution in [0.3, 0.4) is 0 Å². The van der Waals surface area contributed by atoms with Crippen molar-refractivity contribution in [1.29, 1.82) is 0 Å². The first kappa shape index (κ1) is 13.7.